The number of aromatic nitrogens is 3. The number of amides is 1. The second-order valence-electron chi connectivity index (χ2n) is 6.44. The van der Waals surface area contributed by atoms with Gasteiger partial charge in [-0.1, -0.05) is 6.07 Å². The third-order valence-electron chi connectivity index (χ3n) is 4.30. The first-order valence-corrected chi connectivity index (χ1v) is 8.88. The highest BCUT2D eigenvalue weighted by molar-refractivity contribution is 5.77. The summed E-state index contributed by atoms with van der Waals surface area (Å²) in [5.41, 5.74) is 14.9. The largest absolute Gasteiger partial charge is 0.494 e. The summed E-state index contributed by atoms with van der Waals surface area (Å²) >= 11 is 0. The minimum absolute atomic E-state index is 0.124. The number of nitrogens with two attached hydrogens (primary N) is 2. The number of ether oxygens (including phenoxy) is 3. The first-order valence-electron chi connectivity index (χ1n) is 8.88. The van der Waals surface area contributed by atoms with E-state index in [4.69, 9.17) is 25.7 Å². The fourth-order valence-electron chi connectivity index (χ4n) is 2.92. The van der Waals surface area contributed by atoms with Gasteiger partial charge in [-0.3, -0.25) is 4.68 Å². The Bertz CT molecular complexity index is 1020. The van der Waals surface area contributed by atoms with Crippen LogP contribution < -0.4 is 20.9 Å². The van der Waals surface area contributed by atoms with Crippen LogP contribution in [0.25, 0.3) is 11.1 Å². The Kier molecular flexibility index (Phi) is 5.99. The van der Waals surface area contributed by atoms with E-state index in [1.54, 1.807) is 36.2 Å². The minimum Gasteiger partial charge on any atom is -0.494 e. The third kappa shape index (κ3) is 4.82. The molecule has 1 atom stereocenters. The zero-order valence-electron chi connectivity index (χ0n) is 16.5. The van der Waals surface area contributed by atoms with Crippen LogP contribution in [-0.2, 0) is 18.4 Å². The van der Waals surface area contributed by atoms with Gasteiger partial charge in [0.25, 0.3) is 0 Å². The molecule has 1 unspecified atom stereocenters. The molecule has 1 aromatic carbocycles. The SMILES string of the molecule is COc1c(N)cc(C(C)OCc2cccc(OC(N)=O)n2)cc1-c1cnn(C)c1. The fourth-order valence-corrected chi connectivity index (χ4v) is 2.92. The maximum atomic E-state index is 10.9. The number of rotatable bonds is 7. The minimum atomic E-state index is -0.916. The van der Waals surface area contributed by atoms with E-state index in [9.17, 15) is 4.79 Å². The van der Waals surface area contributed by atoms with Crippen LogP contribution in [0.3, 0.4) is 0 Å². The number of primary amides is 1. The first kappa shape index (κ1) is 20.2. The molecule has 0 spiro atoms. The van der Waals surface area contributed by atoms with Crippen LogP contribution in [0.15, 0.2) is 42.7 Å². The van der Waals surface area contributed by atoms with Gasteiger partial charge < -0.3 is 25.7 Å². The maximum Gasteiger partial charge on any atom is 0.411 e. The topological polar surface area (TPSA) is 128 Å². The normalized spacial score (nSPS) is 11.8. The molecule has 9 nitrogen and oxygen atoms in total. The van der Waals surface area contributed by atoms with E-state index in [0.717, 1.165) is 16.7 Å². The molecule has 3 aromatic rings. The maximum absolute atomic E-state index is 10.9. The highest BCUT2D eigenvalue weighted by Gasteiger charge is 2.16. The second-order valence-corrected chi connectivity index (χ2v) is 6.44. The van der Waals surface area contributed by atoms with Gasteiger partial charge >= 0.3 is 6.09 Å². The molecule has 0 saturated heterocycles. The highest BCUT2D eigenvalue weighted by atomic mass is 16.6. The van der Waals surface area contributed by atoms with Crippen molar-refractivity contribution >= 4 is 11.8 Å². The molecule has 9 heteroatoms. The molecule has 2 heterocycles. The molecule has 0 bridgehead atoms. The van der Waals surface area contributed by atoms with Crippen molar-refractivity contribution in [3.05, 3.63) is 54.0 Å². The van der Waals surface area contributed by atoms with E-state index < -0.39 is 6.09 Å². The summed E-state index contributed by atoms with van der Waals surface area (Å²) in [6.07, 6.45) is 2.45. The molecule has 0 aliphatic carbocycles. The van der Waals surface area contributed by atoms with Gasteiger partial charge in [-0.25, -0.2) is 9.78 Å². The van der Waals surface area contributed by atoms with Crippen LogP contribution >= 0.6 is 0 Å². The molecule has 4 N–H and O–H groups in total. The molecule has 0 fully saturated rings. The summed E-state index contributed by atoms with van der Waals surface area (Å²) < 4.78 is 17.9. The molecule has 0 aliphatic rings. The van der Waals surface area contributed by atoms with Gasteiger partial charge in [-0.05, 0) is 30.7 Å². The summed E-state index contributed by atoms with van der Waals surface area (Å²) in [7, 11) is 3.43. The number of hydrogen-bond acceptors (Lipinski definition) is 7. The van der Waals surface area contributed by atoms with Gasteiger partial charge in [0.1, 0.15) is 5.75 Å². The lowest BCUT2D eigenvalue weighted by Gasteiger charge is -2.18. The van der Waals surface area contributed by atoms with Crippen molar-refractivity contribution in [2.24, 2.45) is 12.8 Å². The van der Waals surface area contributed by atoms with Crippen molar-refractivity contribution in [1.82, 2.24) is 14.8 Å². The van der Waals surface area contributed by atoms with Gasteiger partial charge in [0, 0.05) is 30.4 Å². The average Bonchev–Trinajstić information content (AvgIpc) is 3.11. The van der Waals surface area contributed by atoms with E-state index >= 15 is 0 Å². The van der Waals surface area contributed by atoms with Gasteiger partial charge in [0.2, 0.25) is 5.88 Å². The first-order chi connectivity index (χ1) is 13.9. The van der Waals surface area contributed by atoms with E-state index in [2.05, 4.69) is 10.1 Å². The predicted octanol–water partition coefficient (Wildman–Crippen LogP) is 2.81. The molecular formula is C20H23N5O4. The number of nitrogens with zero attached hydrogens (tertiary/aromatic N) is 3. The van der Waals surface area contributed by atoms with Gasteiger partial charge in [0.05, 0.1) is 37.4 Å². The molecule has 2 aromatic heterocycles. The monoisotopic (exact) mass is 397 g/mol. The molecule has 152 valence electrons. The Balaban J connectivity index is 1.80. The summed E-state index contributed by atoms with van der Waals surface area (Å²) in [6, 6.07) is 8.81. The number of anilines is 1. The summed E-state index contributed by atoms with van der Waals surface area (Å²) in [4.78, 5) is 15.1. The Morgan fingerprint density at radius 2 is 2.10 bits per heavy atom. The van der Waals surface area contributed by atoms with Gasteiger partial charge in [-0.15, -0.1) is 0 Å². The second kappa shape index (κ2) is 8.61. The average molecular weight is 397 g/mol. The van der Waals surface area contributed by atoms with Crippen molar-refractivity contribution < 1.29 is 19.0 Å². The van der Waals surface area contributed by atoms with E-state index in [-0.39, 0.29) is 18.6 Å². The van der Waals surface area contributed by atoms with Crippen LogP contribution in [0.1, 0.15) is 24.3 Å². The smallest absolute Gasteiger partial charge is 0.411 e. The molecule has 3 rings (SSSR count). The Morgan fingerprint density at radius 3 is 2.76 bits per heavy atom. The lowest BCUT2D eigenvalue weighted by Crippen LogP contribution is -2.17. The van der Waals surface area contributed by atoms with Crippen LogP contribution in [0.5, 0.6) is 11.6 Å². The van der Waals surface area contributed by atoms with Crippen molar-refractivity contribution in [2.45, 2.75) is 19.6 Å². The molecule has 0 radical (unpaired) electrons. The Morgan fingerprint density at radius 1 is 1.31 bits per heavy atom. The van der Waals surface area contributed by atoms with E-state index in [0.29, 0.717) is 17.1 Å². The van der Waals surface area contributed by atoms with Gasteiger partial charge in [-0.2, -0.15) is 5.10 Å². The molecule has 29 heavy (non-hydrogen) atoms. The number of pyridine rings is 1. The summed E-state index contributed by atoms with van der Waals surface area (Å²) in [5.74, 6) is 0.714. The third-order valence-corrected chi connectivity index (χ3v) is 4.30. The van der Waals surface area contributed by atoms with Crippen LogP contribution in [0, 0.1) is 0 Å². The number of carbonyl (C=O) groups is 1. The predicted molar refractivity (Wildman–Crippen MR) is 107 cm³/mol. The highest BCUT2D eigenvalue weighted by Crippen LogP contribution is 2.38. The number of benzene rings is 1. The number of carbonyl (C=O) groups excluding carboxylic acids is 1. The van der Waals surface area contributed by atoms with Gasteiger partial charge in [0.15, 0.2) is 0 Å². The molecule has 1 amide bonds. The standard InChI is InChI=1S/C20H23N5O4/c1-12(28-11-15-5-4-6-18(24-15)29-20(22)26)13-7-16(14-9-23-25(2)10-14)19(27-3)17(21)8-13/h4-10,12H,11,21H2,1-3H3,(H2,22,26). The molecule has 0 saturated carbocycles. The summed E-state index contributed by atoms with van der Waals surface area (Å²) in [5, 5.41) is 4.21. The van der Waals surface area contributed by atoms with E-state index in [1.807, 2.05) is 32.3 Å². The van der Waals surface area contributed by atoms with E-state index in [1.165, 1.54) is 0 Å². The van der Waals surface area contributed by atoms with Crippen molar-refractivity contribution in [1.29, 1.82) is 0 Å². The zero-order valence-corrected chi connectivity index (χ0v) is 16.5. The zero-order chi connectivity index (χ0) is 21.0. The lowest BCUT2D eigenvalue weighted by atomic mass is 10.0. The number of hydrogen-bond donors (Lipinski definition) is 2. The van der Waals surface area contributed by atoms with Crippen molar-refractivity contribution in [3.8, 4) is 22.8 Å². The van der Waals surface area contributed by atoms with Crippen LogP contribution in [-0.4, -0.2) is 28.0 Å². The number of aryl methyl sites for hydroxylation is 1. The Labute approximate surface area is 168 Å². The summed E-state index contributed by atoms with van der Waals surface area (Å²) in [6.45, 7) is 2.13. The van der Waals surface area contributed by atoms with Crippen molar-refractivity contribution in [2.75, 3.05) is 12.8 Å². The Hall–Kier alpha value is -3.59. The number of methoxy groups -OCH3 is 1. The van der Waals surface area contributed by atoms with Crippen LogP contribution in [0.2, 0.25) is 0 Å². The number of nitrogen functional groups attached to an aromatic ring is 1. The fraction of sp³-hybridized carbons (Fsp3) is 0.250. The van der Waals surface area contributed by atoms with Crippen LogP contribution in [0.4, 0.5) is 10.5 Å². The quantitative estimate of drug-likeness (QED) is 0.587. The lowest BCUT2D eigenvalue weighted by molar-refractivity contribution is 0.0503. The molecule has 0 aliphatic heterocycles. The molecular weight excluding hydrogens is 374 g/mol. The van der Waals surface area contributed by atoms with Crippen molar-refractivity contribution in [3.63, 3.8) is 0 Å².